The number of benzene rings is 1. The highest BCUT2D eigenvalue weighted by Gasteiger charge is 2.35. The van der Waals surface area contributed by atoms with E-state index in [1.165, 1.54) is 0 Å². The Kier molecular flexibility index (Phi) is 4.71. The summed E-state index contributed by atoms with van der Waals surface area (Å²) < 4.78 is 0. The van der Waals surface area contributed by atoms with Crippen LogP contribution in [0.15, 0.2) is 18.2 Å². The second-order valence-corrected chi connectivity index (χ2v) is 6.55. The van der Waals surface area contributed by atoms with E-state index in [4.69, 9.17) is 11.6 Å². The first-order valence-corrected chi connectivity index (χ1v) is 7.52. The summed E-state index contributed by atoms with van der Waals surface area (Å²) in [4.78, 5) is 12.4. The molecule has 20 heavy (non-hydrogen) atoms. The number of carbonyl (C=O) groups excluding carboxylic acids is 1. The van der Waals surface area contributed by atoms with Crippen molar-refractivity contribution >= 4 is 17.5 Å². The van der Waals surface area contributed by atoms with Gasteiger partial charge in [0.1, 0.15) is 0 Å². The van der Waals surface area contributed by atoms with Gasteiger partial charge >= 0.3 is 0 Å². The summed E-state index contributed by atoms with van der Waals surface area (Å²) in [7, 11) is 0. The number of halogens is 1. The van der Waals surface area contributed by atoms with Gasteiger partial charge in [-0.1, -0.05) is 31.4 Å². The first-order chi connectivity index (χ1) is 9.44. The van der Waals surface area contributed by atoms with Crippen LogP contribution in [0.25, 0.3) is 0 Å². The van der Waals surface area contributed by atoms with E-state index in [-0.39, 0.29) is 12.5 Å². The third-order valence-corrected chi connectivity index (χ3v) is 4.30. The van der Waals surface area contributed by atoms with E-state index in [1.807, 2.05) is 19.1 Å². The van der Waals surface area contributed by atoms with Crippen LogP contribution in [0.3, 0.4) is 0 Å². The van der Waals surface area contributed by atoms with Crippen LogP contribution in [-0.2, 0) is 0 Å². The van der Waals surface area contributed by atoms with Crippen molar-refractivity contribution in [3.63, 3.8) is 0 Å². The molecule has 1 amide bonds. The number of hydrogen-bond acceptors (Lipinski definition) is 2. The van der Waals surface area contributed by atoms with Gasteiger partial charge in [0, 0.05) is 10.6 Å². The molecular formula is C16H22ClNO2. The second-order valence-electron chi connectivity index (χ2n) is 6.11. The fraction of sp³-hybridized carbons (Fsp3) is 0.562. The maximum absolute atomic E-state index is 12.4. The standard InChI is InChI=1S/C16H22ClNO2/c1-11-4-3-5-16(9-11,10-19)18-15(20)13-6-12(2)7-14(17)8-13/h6-8,11,19H,3-5,9-10H2,1-2H3,(H,18,20). The Bertz CT molecular complexity index is 483. The molecule has 2 unspecified atom stereocenters. The highest BCUT2D eigenvalue weighted by Crippen LogP contribution is 2.32. The Hall–Kier alpha value is -1.06. The Morgan fingerprint density at radius 2 is 2.25 bits per heavy atom. The van der Waals surface area contributed by atoms with Crippen molar-refractivity contribution in [2.45, 2.75) is 45.1 Å². The molecule has 0 saturated heterocycles. The molecule has 2 atom stereocenters. The number of hydrogen-bond donors (Lipinski definition) is 2. The Balaban J connectivity index is 2.16. The molecule has 1 aromatic rings. The van der Waals surface area contributed by atoms with Crippen LogP contribution < -0.4 is 5.32 Å². The molecule has 0 radical (unpaired) electrons. The van der Waals surface area contributed by atoms with Gasteiger partial charge in [0.15, 0.2) is 0 Å². The van der Waals surface area contributed by atoms with Gasteiger partial charge in [0.2, 0.25) is 0 Å². The van der Waals surface area contributed by atoms with Crippen molar-refractivity contribution in [3.8, 4) is 0 Å². The second kappa shape index (κ2) is 6.15. The fourth-order valence-corrected chi connectivity index (χ4v) is 3.43. The normalized spacial score (nSPS) is 26.3. The average Bonchev–Trinajstić information content (AvgIpc) is 2.37. The molecule has 110 valence electrons. The molecule has 1 aromatic carbocycles. The molecule has 0 spiro atoms. The minimum absolute atomic E-state index is 0.0113. The quantitative estimate of drug-likeness (QED) is 0.899. The van der Waals surface area contributed by atoms with Crippen molar-refractivity contribution in [2.24, 2.45) is 5.92 Å². The molecule has 2 rings (SSSR count). The lowest BCUT2D eigenvalue weighted by Gasteiger charge is -2.39. The number of amides is 1. The average molecular weight is 296 g/mol. The van der Waals surface area contributed by atoms with Gasteiger partial charge in [-0.15, -0.1) is 0 Å². The molecule has 1 saturated carbocycles. The number of nitrogens with one attached hydrogen (secondary N) is 1. The van der Waals surface area contributed by atoms with Crippen LogP contribution in [0.4, 0.5) is 0 Å². The molecule has 0 aromatic heterocycles. The molecule has 0 aliphatic heterocycles. The van der Waals surface area contributed by atoms with Crippen LogP contribution in [0.2, 0.25) is 5.02 Å². The molecule has 4 heteroatoms. The summed E-state index contributed by atoms with van der Waals surface area (Å²) >= 11 is 6.00. The van der Waals surface area contributed by atoms with Crippen molar-refractivity contribution in [3.05, 3.63) is 34.3 Å². The van der Waals surface area contributed by atoms with Crippen LogP contribution in [0.5, 0.6) is 0 Å². The Labute approximate surface area is 125 Å². The third-order valence-electron chi connectivity index (χ3n) is 4.08. The lowest BCUT2D eigenvalue weighted by atomic mass is 9.76. The molecule has 0 bridgehead atoms. The minimum Gasteiger partial charge on any atom is -0.394 e. The van der Waals surface area contributed by atoms with Crippen LogP contribution in [0, 0.1) is 12.8 Å². The SMILES string of the molecule is Cc1cc(Cl)cc(C(=O)NC2(CO)CCCC(C)C2)c1. The van der Waals surface area contributed by atoms with E-state index >= 15 is 0 Å². The van der Waals surface area contributed by atoms with Gasteiger partial charge in [0.05, 0.1) is 12.1 Å². The largest absolute Gasteiger partial charge is 0.394 e. The highest BCUT2D eigenvalue weighted by molar-refractivity contribution is 6.31. The zero-order valence-electron chi connectivity index (χ0n) is 12.1. The third kappa shape index (κ3) is 3.53. The van der Waals surface area contributed by atoms with Crippen molar-refractivity contribution in [1.29, 1.82) is 0 Å². The predicted octanol–water partition coefficient (Wildman–Crippen LogP) is 3.32. The van der Waals surface area contributed by atoms with E-state index < -0.39 is 5.54 Å². The molecular weight excluding hydrogens is 274 g/mol. The van der Waals surface area contributed by atoms with Crippen molar-refractivity contribution in [1.82, 2.24) is 5.32 Å². The maximum Gasteiger partial charge on any atom is 0.251 e. The van der Waals surface area contributed by atoms with Crippen LogP contribution >= 0.6 is 11.6 Å². The number of carbonyl (C=O) groups is 1. The van der Waals surface area contributed by atoms with Gasteiger partial charge in [-0.3, -0.25) is 4.79 Å². The summed E-state index contributed by atoms with van der Waals surface area (Å²) in [5.41, 5.74) is 1.03. The zero-order chi connectivity index (χ0) is 14.8. The summed E-state index contributed by atoms with van der Waals surface area (Å²) in [6.45, 7) is 4.06. The predicted molar refractivity (Wildman–Crippen MR) is 81.1 cm³/mol. The number of aryl methyl sites for hydroxylation is 1. The number of aliphatic hydroxyl groups excluding tert-OH is 1. The van der Waals surface area contributed by atoms with Crippen molar-refractivity contribution < 1.29 is 9.90 Å². The summed E-state index contributed by atoms with van der Waals surface area (Å²) in [6.07, 6.45) is 3.86. The van der Waals surface area contributed by atoms with Gasteiger partial charge in [-0.2, -0.15) is 0 Å². The molecule has 1 fully saturated rings. The van der Waals surface area contributed by atoms with Gasteiger partial charge in [0.25, 0.3) is 5.91 Å². The summed E-state index contributed by atoms with van der Waals surface area (Å²) in [5.74, 6) is 0.371. The summed E-state index contributed by atoms with van der Waals surface area (Å²) in [5, 5.41) is 13.3. The minimum atomic E-state index is -0.481. The van der Waals surface area contributed by atoms with Gasteiger partial charge in [-0.05, 0) is 49.4 Å². The maximum atomic E-state index is 12.4. The lowest BCUT2D eigenvalue weighted by Crippen LogP contribution is -2.53. The first kappa shape index (κ1) is 15.3. The Morgan fingerprint density at radius 3 is 2.85 bits per heavy atom. The molecule has 0 heterocycles. The van der Waals surface area contributed by atoms with Crippen LogP contribution in [0.1, 0.15) is 48.5 Å². The zero-order valence-corrected chi connectivity index (χ0v) is 12.8. The van der Waals surface area contributed by atoms with Gasteiger partial charge in [-0.25, -0.2) is 0 Å². The Morgan fingerprint density at radius 1 is 1.50 bits per heavy atom. The highest BCUT2D eigenvalue weighted by atomic mass is 35.5. The smallest absolute Gasteiger partial charge is 0.251 e. The van der Waals surface area contributed by atoms with E-state index in [1.54, 1.807) is 6.07 Å². The van der Waals surface area contributed by atoms with E-state index in [0.717, 1.165) is 31.2 Å². The monoisotopic (exact) mass is 295 g/mol. The molecule has 2 N–H and O–H groups in total. The molecule has 3 nitrogen and oxygen atoms in total. The number of aliphatic hydroxyl groups is 1. The first-order valence-electron chi connectivity index (χ1n) is 7.15. The lowest BCUT2D eigenvalue weighted by molar-refractivity contribution is 0.0697. The van der Waals surface area contributed by atoms with E-state index in [9.17, 15) is 9.90 Å². The van der Waals surface area contributed by atoms with Crippen LogP contribution in [-0.4, -0.2) is 23.2 Å². The number of rotatable bonds is 3. The fourth-order valence-electron chi connectivity index (χ4n) is 3.14. The summed E-state index contributed by atoms with van der Waals surface area (Å²) in [6, 6.07) is 5.31. The topological polar surface area (TPSA) is 49.3 Å². The molecule has 1 aliphatic rings. The van der Waals surface area contributed by atoms with E-state index in [2.05, 4.69) is 12.2 Å². The van der Waals surface area contributed by atoms with E-state index in [0.29, 0.717) is 16.5 Å². The molecule has 1 aliphatic carbocycles. The van der Waals surface area contributed by atoms with Crippen molar-refractivity contribution in [2.75, 3.05) is 6.61 Å². The van der Waals surface area contributed by atoms with Gasteiger partial charge < -0.3 is 10.4 Å².